The molecule has 0 atom stereocenters. The monoisotopic (exact) mass is 511 g/mol. The van der Waals surface area contributed by atoms with E-state index in [-0.39, 0.29) is 17.3 Å². The van der Waals surface area contributed by atoms with Crippen molar-refractivity contribution in [3.05, 3.63) is 41.3 Å². The Hall–Kier alpha value is -3.35. The second-order valence-corrected chi connectivity index (χ2v) is 9.81. The lowest BCUT2D eigenvalue weighted by atomic mass is 9.97. The molecule has 3 aromatic heterocycles. The zero-order chi connectivity index (χ0) is 24.9. The minimum Gasteiger partial charge on any atom is -0.475 e. The number of fused-ring (bicyclic) bond motifs is 6. The van der Waals surface area contributed by atoms with E-state index >= 15 is 0 Å². The number of carbonyl (C=O) groups is 2. The normalized spacial score (nSPS) is 18.4. The first-order valence-electron chi connectivity index (χ1n) is 12.0. The first-order valence-corrected chi connectivity index (χ1v) is 12.9. The predicted molar refractivity (Wildman–Crippen MR) is 134 cm³/mol. The van der Waals surface area contributed by atoms with Crippen LogP contribution in [0.1, 0.15) is 33.8 Å². The maximum Gasteiger partial charge on any atom is 0.275 e. The molecule has 12 heteroatoms. The molecule has 0 radical (unpaired) electrons. The molecule has 2 N–H and O–H groups in total. The van der Waals surface area contributed by atoms with Crippen LogP contribution >= 0.6 is 11.3 Å². The average Bonchev–Trinajstić information content (AvgIpc) is 3.52. The van der Waals surface area contributed by atoms with Crippen molar-refractivity contribution in [1.29, 1.82) is 0 Å². The number of pyridine rings is 1. The van der Waals surface area contributed by atoms with Crippen molar-refractivity contribution in [1.82, 2.24) is 30.0 Å². The zero-order valence-electron chi connectivity index (χ0n) is 20.1. The number of rotatable bonds is 2. The van der Waals surface area contributed by atoms with Crippen molar-refractivity contribution in [2.75, 3.05) is 51.8 Å². The SMILES string of the molecule is CN1CCC(Cn2cc3c(n2)C(=O)NCCOCCOc2cc(ccn2)-c2nc(cs2)C(=O)N3)CC1. The molecule has 1 fully saturated rings. The summed E-state index contributed by atoms with van der Waals surface area (Å²) in [5.74, 6) is 0.150. The number of ether oxygens (including phenoxy) is 2. The Bertz CT molecular complexity index is 1220. The number of hydrogen-bond donors (Lipinski definition) is 2. The summed E-state index contributed by atoms with van der Waals surface area (Å²) in [4.78, 5) is 37.0. The molecule has 2 amide bonds. The van der Waals surface area contributed by atoms with Crippen LogP contribution in [0, 0.1) is 5.92 Å². The van der Waals surface area contributed by atoms with E-state index in [1.165, 1.54) is 11.3 Å². The van der Waals surface area contributed by atoms with Crippen LogP contribution < -0.4 is 15.4 Å². The van der Waals surface area contributed by atoms with Gasteiger partial charge in [0.05, 0.1) is 18.9 Å². The van der Waals surface area contributed by atoms with Crippen LogP contribution in [0.25, 0.3) is 10.6 Å². The molecule has 0 spiro atoms. The number of nitrogens with one attached hydrogen (secondary N) is 2. The standard InChI is InChI=1S/C24H29N7O4S/c1-30-7-3-16(4-8-30)13-31-14-18-21(29-31)23(33)26-6-9-34-10-11-35-20-12-17(2-5-25-20)24-28-19(15-36-24)22(32)27-18/h2,5,12,14-16H,3-4,6-11,13H2,1H3,(H,26,33)(H,27,32). The molecule has 190 valence electrons. The van der Waals surface area contributed by atoms with Gasteiger partial charge in [-0.05, 0) is 45.0 Å². The Balaban J connectivity index is 1.39. The summed E-state index contributed by atoms with van der Waals surface area (Å²) >= 11 is 1.35. The average molecular weight is 512 g/mol. The highest BCUT2D eigenvalue weighted by Gasteiger charge is 2.23. The van der Waals surface area contributed by atoms with Crippen molar-refractivity contribution >= 4 is 28.8 Å². The molecule has 2 aliphatic heterocycles. The summed E-state index contributed by atoms with van der Waals surface area (Å²) in [5, 5.41) is 12.6. The second kappa shape index (κ2) is 11.1. The summed E-state index contributed by atoms with van der Waals surface area (Å²) in [6.07, 6.45) is 5.52. The Morgan fingerprint density at radius 2 is 2.03 bits per heavy atom. The fraction of sp³-hybridized carbons (Fsp3) is 0.458. The highest BCUT2D eigenvalue weighted by Crippen LogP contribution is 2.27. The van der Waals surface area contributed by atoms with Gasteiger partial charge in [-0.15, -0.1) is 11.3 Å². The van der Waals surface area contributed by atoms with E-state index in [2.05, 4.69) is 37.6 Å². The lowest BCUT2D eigenvalue weighted by Gasteiger charge is -2.28. The Morgan fingerprint density at radius 1 is 1.17 bits per heavy atom. The molecule has 11 nitrogen and oxygen atoms in total. The molecule has 0 aliphatic carbocycles. The highest BCUT2D eigenvalue weighted by atomic mass is 32.1. The minimum atomic E-state index is -0.402. The highest BCUT2D eigenvalue weighted by molar-refractivity contribution is 7.13. The molecule has 5 heterocycles. The van der Waals surface area contributed by atoms with Gasteiger partial charge in [0, 0.05) is 42.5 Å². The number of piperidine rings is 1. The molecule has 0 unspecified atom stereocenters. The zero-order valence-corrected chi connectivity index (χ0v) is 20.9. The Labute approximate surface area is 212 Å². The van der Waals surface area contributed by atoms with E-state index < -0.39 is 5.91 Å². The van der Waals surface area contributed by atoms with Gasteiger partial charge in [0.1, 0.15) is 17.3 Å². The number of nitrogens with zero attached hydrogens (tertiary/aromatic N) is 5. The lowest BCUT2D eigenvalue weighted by Crippen LogP contribution is -2.32. The third kappa shape index (κ3) is 5.89. The maximum atomic E-state index is 13.1. The quantitative estimate of drug-likeness (QED) is 0.536. The van der Waals surface area contributed by atoms with Gasteiger partial charge in [0.25, 0.3) is 11.8 Å². The molecule has 5 rings (SSSR count). The van der Waals surface area contributed by atoms with Gasteiger partial charge in [-0.3, -0.25) is 14.3 Å². The summed E-state index contributed by atoms with van der Waals surface area (Å²) in [7, 11) is 2.12. The summed E-state index contributed by atoms with van der Waals surface area (Å²) < 4.78 is 13.0. The fourth-order valence-electron chi connectivity index (χ4n) is 4.23. The number of likely N-dealkylation sites (tertiary alicyclic amines) is 1. The van der Waals surface area contributed by atoms with Crippen LogP contribution in [-0.4, -0.2) is 83.0 Å². The molecule has 2 aliphatic rings. The minimum absolute atomic E-state index is 0.176. The van der Waals surface area contributed by atoms with Crippen LogP contribution in [0.15, 0.2) is 29.9 Å². The summed E-state index contributed by atoms with van der Waals surface area (Å²) in [5.41, 5.74) is 1.60. The van der Waals surface area contributed by atoms with Crippen molar-refractivity contribution in [3.63, 3.8) is 0 Å². The first-order chi connectivity index (χ1) is 17.5. The maximum absolute atomic E-state index is 13.1. The predicted octanol–water partition coefficient (Wildman–Crippen LogP) is 2.13. The number of amides is 2. The first kappa shape index (κ1) is 24.3. The largest absolute Gasteiger partial charge is 0.475 e. The number of carbonyl (C=O) groups excluding carboxylic acids is 2. The van der Waals surface area contributed by atoms with Gasteiger partial charge < -0.3 is 25.0 Å². The Kier molecular flexibility index (Phi) is 7.54. The van der Waals surface area contributed by atoms with E-state index in [4.69, 9.17) is 9.47 Å². The van der Waals surface area contributed by atoms with E-state index in [0.717, 1.165) is 31.5 Å². The van der Waals surface area contributed by atoms with Crippen LogP contribution in [0.4, 0.5) is 5.69 Å². The number of hydrogen-bond acceptors (Lipinski definition) is 9. The third-order valence-corrected chi connectivity index (χ3v) is 7.13. The van der Waals surface area contributed by atoms with E-state index in [1.807, 2.05) is 6.07 Å². The van der Waals surface area contributed by atoms with Gasteiger partial charge in [-0.1, -0.05) is 0 Å². The molecule has 3 aromatic rings. The number of anilines is 1. The van der Waals surface area contributed by atoms with E-state index in [1.54, 1.807) is 28.5 Å². The van der Waals surface area contributed by atoms with Crippen molar-refractivity contribution in [3.8, 4) is 16.5 Å². The summed E-state index contributed by atoms with van der Waals surface area (Å²) in [6, 6.07) is 3.60. The molecule has 1 saturated heterocycles. The van der Waals surface area contributed by atoms with E-state index in [0.29, 0.717) is 55.4 Å². The molecular weight excluding hydrogens is 482 g/mol. The number of aromatic nitrogens is 4. The van der Waals surface area contributed by atoms with Gasteiger partial charge in [-0.2, -0.15) is 5.10 Å². The van der Waals surface area contributed by atoms with Gasteiger partial charge >= 0.3 is 0 Å². The summed E-state index contributed by atoms with van der Waals surface area (Å²) in [6.45, 7) is 4.08. The van der Waals surface area contributed by atoms with Crippen molar-refractivity contribution in [2.45, 2.75) is 19.4 Å². The smallest absolute Gasteiger partial charge is 0.275 e. The van der Waals surface area contributed by atoms with Crippen LogP contribution in [0.2, 0.25) is 0 Å². The van der Waals surface area contributed by atoms with Crippen LogP contribution in [0.3, 0.4) is 0 Å². The third-order valence-electron chi connectivity index (χ3n) is 6.24. The topological polar surface area (TPSA) is 124 Å². The van der Waals surface area contributed by atoms with Crippen molar-refractivity contribution in [2.24, 2.45) is 5.92 Å². The van der Waals surface area contributed by atoms with Gasteiger partial charge in [0.15, 0.2) is 5.69 Å². The second-order valence-electron chi connectivity index (χ2n) is 8.95. The number of thiazole rings is 1. The van der Waals surface area contributed by atoms with E-state index in [9.17, 15) is 9.59 Å². The van der Waals surface area contributed by atoms with Gasteiger partial charge in [-0.25, -0.2) is 9.97 Å². The lowest BCUT2D eigenvalue weighted by molar-refractivity contribution is 0.0858. The molecule has 0 saturated carbocycles. The Morgan fingerprint density at radius 3 is 2.89 bits per heavy atom. The van der Waals surface area contributed by atoms with Crippen LogP contribution in [0.5, 0.6) is 5.88 Å². The van der Waals surface area contributed by atoms with Crippen molar-refractivity contribution < 1.29 is 19.1 Å². The van der Waals surface area contributed by atoms with Crippen LogP contribution in [-0.2, 0) is 11.3 Å². The fourth-order valence-corrected chi connectivity index (χ4v) is 5.03. The van der Waals surface area contributed by atoms with Gasteiger partial charge in [0.2, 0.25) is 5.88 Å². The molecule has 36 heavy (non-hydrogen) atoms. The molecule has 0 aromatic carbocycles. The molecular formula is C24H29N7O4S. The molecule has 4 bridgehead atoms.